The molecule has 0 unspecified atom stereocenters. The van der Waals surface area contributed by atoms with E-state index in [1.54, 1.807) is 0 Å². The molecule has 0 bridgehead atoms. The molecule has 2 rings (SSSR count). The molecule has 13 heavy (non-hydrogen) atoms. The number of nitrogens with zero attached hydrogens (tertiary/aromatic N) is 1. The van der Waals surface area contributed by atoms with Crippen molar-refractivity contribution in [3.63, 3.8) is 0 Å². The van der Waals surface area contributed by atoms with Gasteiger partial charge in [0.15, 0.2) is 0 Å². The van der Waals surface area contributed by atoms with Gasteiger partial charge in [0.1, 0.15) is 0 Å². The predicted molar refractivity (Wildman–Crippen MR) is 55.5 cm³/mol. The standard InChI is InChI=1S/C11H22N2/c1-9(2)11(12)7-13(8-11)6-5-10-3-4-10/h9-10H,3-8,12H2,1-2H3. The predicted octanol–water partition coefficient (Wildman–Crippen LogP) is 1.46. The number of hydrogen-bond acceptors (Lipinski definition) is 2. The van der Waals surface area contributed by atoms with Crippen LogP contribution in [0.2, 0.25) is 0 Å². The monoisotopic (exact) mass is 182 g/mol. The van der Waals surface area contributed by atoms with Crippen LogP contribution in [0, 0.1) is 11.8 Å². The van der Waals surface area contributed by atoms with Gasteiger partial charge in [0, 0.05) is 18.6 Å². The van der Waals surface area contributed by atoms with Gasteiger partial charge in [-0.2, -0.15) is 0 Å². The quantitative estimate of drug-likeness (QED) is 0.713. The van der Waals surface area contributed by atoms with Crippen molar-refractivity contribution < 1.29 is 0 Å². The van der Waals surface area contributed by atoms with E-state index < -0.39 is 0 Å². The third-order valence-corrected chi connectivity index (χ3v) is 3.74. The second-order valence-electron chi connectivity index (χ2n) is 5.33. The maximum Gasteiger partial charge on any atom is 0.0435 e. The van der Waals surface area contributed by atoms with Crippen LogP contribution >= 0.6 is 0 Å². The van der Waals surface area contributed by atoms with E-state index in [9.17, 15) is 0 Å². The van der Waals surface area contributed by atoms with E-state index in [2.05, 4.69) is 18.7 Å². The zero-order valence-corrected chi connectivity index (χ0v) is 8.92. The molecule has 2 nitrogen and oxygen atoms in total. The molecule has 0 radical (unpaired) electrons. The fourth-order valence-corrected chi connectivity index (χ4v) is 2.08. The van der Waals surface area contributed by atoms with Gasteiger partial charge in [0.25, 0.3) is 0 Å². The summed E-state index contributed by atoms with van der Waals surface area (Å²) in [6.45, 7) is 8.00. The zero-order valence-electron chi connectivity index (χ0n) is 8.92. The van der Waals surface area contributed by atoms with Crippen molar-refractivity contribution >= 4 is 0 Å². The maximum atomic E-state index is 6.22. The van der Waals surface area contributed by atoms with Gasteiger partial charge in [-0.3, -0.25) is 4.90 Å². The molecule has 2 N–H and O–H groups in total. The van der Waals surface area contributed by atoms with Crippen LogP contribution in [0.5, 0.6) is 0 Å². The minimum Gasteiger partial charge on any atom is -0.323 e. The van der Waals surface area contributed by atoms with Gasteiger partial charge < -0.3 is 5.73 Å². The van der Waals surface area contributed by atoms with Crippen LogP contribution in [-0.4, -0.2) is 30.1 Å². The number of rotatable bonds is 4. The van der Waals surface area contributed by atoms with Gasteiger partial charge in [-0.15, -0.1) is 0 Å². The number of likely N-dealkylation sites (tertiary alicyclic amines) is 1. The van der Waals surface area contributed by atoms with Crippen LogP contribution in [-0.2, 0) is 0 Å². The number of hydrogen-bond donors (Lipinski definition) is 1. The minimum atomic E-state index is 0.129. The molecule has 2 heteroatoms. The van der Waals surface area contributed by atoms with Crippen LogP contribution in [0.15, 0.2) is 0 Å². The summed E-state index contributed by atoms with van der Waals surface area (Å²) in [6, 6.07) is 0. The average Bonchev–Trinajstić information content (AvgIpc) is 2.78. The second-order valence-corrected chi connectivity index (χ2v) is 5.33. The van der Waals surface area contributed by atoms with Crippen molar-refractivity contribution in [1.29, 1.82) is 0 Å². The first kappa shape index (κ1) is 9.47. The first-order valence-corrected chi connectivity index (χ1v) is 5.61. The van der Waals surface area contributed by atoms with Crippen LogP contribution in [0.3, 0.4) is 0 Å². The van der Waals surface area contributed by atoms with Crippen molar-refractivity contribution in [2.24, 2.45) is 17.6 Å². The van der Waals surface area contributed by atoms with E-state index in [-0.39, 0.29) is 5.54 Å². The molecule has 0 spiro atoms. The Labute approximate surface area is 81.5 Å². The lowest BCUT2D eigenvalue weighted by Gasteiger charge is -2.50. The molecule has 0 aromatic rings. The van der Waals surface area contributed by atoms with Gasteiger partial charge in [-0.25, -0.2) is 0 Å². The molecule has 76 valence electrons. The van der Waals surface area contributed by atoms with Gasteiger partial charge >= 0.3 is 0 Å². The van der Waals surface area contributed by atoms with Crippen LogP contribution in [0.1, 0.15) is 33.1 Å². The molecule has 2 fully saturated rings. The molecular formula is C11H22N2. The van der Waals surface area contributed by atoms with Gasteiger partial charge in [-0.05, 0) is 24.8 Å². The lowest BCUT2D eigenvalue weighted by molar-refractivity contribution is 0.0360. The van der Waals surface area contributed by atoms with Crippen molar-refractivity contribution in [1.82, 2.24) is 4.90 Å². The van der Waals surface area contributed by atoms with Gasteiger partial charge in [0.05, 0.1) is 0 Å². The Kier molecular flexibility index (Phi) is 2.37. The molecule has 0 atom stereocenters. The Morgan fingerprint density at radius 2 is 2.00 bits per heavy atom. The third kappa shape index (κ3) is 2.05. The molecule has 0 aromatic heterocycles. The highest BCUT2D eigenvalue weighted by Gasteiger charge is 2.41. The molecule has 1 aliphatic carbocycles. The molecule has 1 aliphatic heterocycles. The Bertz CT molecular complexity index is 179. The van der Waals surface area contributed by atoms with Crippen LogP contribution < -0.4 is 5.73 Å². The van der Waals surface area contributed by atoms with E-state index in [1.807, 2.05) is 0 Å². The summed E-state index contributed by atoms with van der Waals surface area (Å²) in [5.41, 5.74) is 6.34. The Morgan fingerprint density at radius 1 is 1.38 bits per heavy atom. The van der Waals surface area contributed by atoms with Crippen molar-refractivity contribution in [3.05, 3.63) is 0 Å². The fourth-order valence-electron chi connectivity index (χ4n) is 2.08. The highest BCUT2D eigenvalue weighted by Crippen LogP contribution is 2.34. The maximum absolute atomic E-state index is 6.22. The molecule has 1 saturated carbocycles. The highest BCUT2D eigenvalue weighted by atomic mass is 15.2. The van der Waals surface area contributed by atoms with Gasteiger partial charge in [0.2, 0.25) is 0 Å². The largest absolute Gasteiger partial charge is 0.323 e. The fraction of sp³-hybridized carbons (Fsp3) is 1.00. The molecule has 0 aromatic carbocycles. The van der Waals surface area contributed by atoms with Crippen LogP contribution in [0.25, 0.3) is 0 Å². The molecular weight excluding hydrogens is 160 g/mol. The topological polar surface area (TPSA) is 29.3 Å². The summed E-state index contributed by atoms with van der Waals surface area (Å²) in [5.74, 6) is 1.69. The first-order valence-electron chi connectivity index (χ1n) is 5.61. The van der Waals surface area contributed by atoms with E-state index in [1.165, 1.54) is 25.8 Å². The third-order valence-electron chi connectivity index (χ3n) is 3.74. The minimum absolute atomic E-state index is 0.129. The summed E-state index contributed by atoms with van der Waals surface area (Å²) < 4.78 is 0. The normalized spacial score (nSPS) is 27.7. The smallest absolute Gasteiger partial charge is 0.0435 e. The Balaban J connectivity index is 1.65. The molecule has 0 amide bonds. The van der Waals surface area contributed by atoms with E-state index >= 15 is 0 Å². The molecule has 1 heterocycles. The van der Waals surface area contributed by atoms with E-state index in [4.69, 9.17) is 5.73 Å². The summed E-state index contributed by atoms with van der Waals surface area (Å²) >= 11 is 0. The summed E-state index contributed by atoms with van der Waals surface area (Å²) in [7, 11) is 0. The summed E-state index contributed by atoms with van der Waals surface area (Å²) in [4.78, 5) is 2.51. The molecule has 2 aliphatic rings. The zero-order chi connectivity index (χ0) is 9.47. The van der Waals surface area contributed by atoms with Crippen LogP contribution in [0.4, 0.5) is 0 Å². The lowest BCUT2D eigenvalue weighted by atomic mass is 9.80. The Hall–Kier alpha value is -0.0800. The van der Waals surface area contributed by atoms with Crippen molar-refractivity contribution in [3.8, 4) is 0 Å². The van der Waals surface area contributed by atoms with Crippen molar-refractivity contribution in [2.75, 3.05) is 19.6 Å². The van der Waals surface area contributed by atoms with Crippen molar-refractivity contribution in [2.45, 2.75) is 38.6 Å². The average molecular weight is 182 g/mol. The lowest BCUT2D eigenvalue weighted by Crippen LogP contribution is -2.69. The van der Waals surface area contributed by atoms with Gasteiger partial charge in [-0.1, -0.05) is 26.7 Å². The molecule has 1 saturated heterocycles. The summed E-state index contributed by atoms with van der Waals surface area (Å²) in [5, 5.41) is 0. The van der Waals surface area contributed by atoms with E-state index in [0.29, 0.717) is 5.92 Å². The highest BCUT2D eigenvalue weighted by molar-refractivity contribution is 5.02. The first-order chi connectivity index (χ1) is 6.10. The summed E-state index contributed by atoms with van der Waals surface area (Å²) in [6.07, 6.45) is 4.37. The number of nitrogens with two attached hydrogens (primary N) is 1. The SMILES string of the molecule is CC(C)C1(N)CN(CCC2CC2)C1. The Morgan fingerprint density at radius 3 is 2.46 bits per heavy atom. The van der Waals surface area contributed by atoms with E-state index in [0.717, 1.165) is 19.0 Å². The second kappa shape index (κ2) is 3.25.